The van der Waals surface area contributed by atoms with Gasteiger partial charge in [0.15, 0.2) is 0 Å². The van der Waals surface area contributed by atoms with E-state index in [-0.39, 0.29) is 11.8 Å². The molecule has 7 heteroatoms. The van der Waals surface area contributed by atoms with Crippen molar-refractivity contribution in [1.29, 1.82) is 0 Å². The summed E-state index contributed by atoms with van der Waals surface area (Å²) in [6, 6.07) is 0. The molecule has 1 fully saturated rings. The number of halogens is 2. The highest BCUT2D eigenvalue weighted by Crippen LogP contribution is 2.18. The van der Waals surface area contributed by atoms with Gasteiger partial charge in [0, 0.05) is 25.0 Å². The molecule has 1 saturated heterocycles. The minimum absolute atomic E-state index is 0.152. The molecule has 0 unspecified atom stereocenters. The number of nitrogens with one attached hydrogen (secondary N) is 1. The van der Waals surface area contributed by atoms with Gasteiger partial charge in [0.2, 0.25) is 10.0 Å². The number of rotatable bonds is 5. The number of hydrogen-bond donors (Lipinski definition) is 1. The third kappa shape index (κ3) is 3.74. The van der Waals surface area contributed by atoms with Gasteiger partial charge in [-0.25, -0.2) is 13.1 Å². The van der Waals surface area contributed by atoms with E-state index in [0.29, 0.717) is 26.1 Å². The van der Waals surface area contributed by atoms with Gasteiger partial charge in [-0.2, -0.15) is 0 Å². The molecule has 0 aromatic heterocycles. The molecule has 0 radical (unpaired) electrons. The molecule has 0 spiro atoms. The zero-order valence-electron chi connectivity index (χ0n) is 9.21. The highest BCUT2D eigenvalue weighted by Gasteiger charge is 2.34. The average Bonchev–Trinajstić information content (AvgIpc) is 2.29. The normalized spacial score (nSPS) is 19.9. The van der Waals surface area contributed by atoms with Crippen LogP contribution in [0.2, 0.25) is 0 Å². The van der Waals surface area contributed by atoms with E-state index in [1.165, 1.54) is 0 Å². The molecule has 1 N–H and O–H groups in total. The van der Waals surface area contributed by atoms with E-state index < -0.39 is 20.8 Å². The van der Waals surface area contributed by atoms with Crippen LogP contribution >= 0.6 is 23.2 Å². The third-order valence-corrected chi connectivity index (χ3v) is 5.89. The third-order valence-electron chi connectivity index (χ3n) is 2.59. The smallest absolute Gasteiger partial charge is 0.215 e. The summed E-state index contributed by atoms with van der Waals surface area (Å²) in [6.07, 6.45) is 1.05. The monoisotopic (exact) mass is 289 g/mol. The first-order valence-electron chi connectivity index (χ1n) is 5.16. The topological polar surface area (TPSA) is 55.4 Å². The maximum absolute atomic E-state index is 12.0. The Hall–Kier alpha value is 0.450. The van der Waals surface area contributed by atoms with Crippen molar-refractivity contribution in [3.8, 4) is 0 Å². The first-order chi connectivity index (χ1) is 7.43. The van der Waals surface area contributed by atoms with Crippen LogP contribution in [0.15, 0.2) is 0 Å². The van der Waals surface area contributed by atoms with Crippen molar-refractivity contribution in [1.82, 2.24) is 4.72 Å². The minimum Gasteiger partial charge on any atom is -0.381 e. The predicted molar refractivity (Wildman–Crippen MR) is 65.7 cm³/mol. The fourth-order valence-corrected chi connectivity index (χ4v) is 3.89. The highest BCUT2D eigenvalue weighted by atomic mass is 35.5. The fraction of sp³-hybridized carbons (Fsp3) is 1.00. The second-order valence-corrected chi connectivity index (χ2v) is 6.78. The van der Waals surface area contributed by atoms with E-state index in [9.17, 15) is 8.42 Å². The van der Waals surface area contributed by atoms with E-state index >= 15 is 0 Å². The zero-order valence-corrected chi connectivity index (χ0v) is 11.5. The molecule has 0 aromatic rings. The van der Waals surface area contributed by atoms with Gasteiger partial charge in [0.1, 0.15) is 0 Å². The quantitative estimate of drug-likeness (QED) is 0.777. The van der Waals surface area contributed by atoms with Crippen LogP contribution in [0, 0.1) is 0 Å². The van der Waals surface area contributed by atoms with Gasteiger partial charge in [0.25, 0.3) is 0 Å². The molecule has 4 nitrogen and oxygen atoms in total. The fourth-order valence-electron chi connectivity index (χ4n) is 1.50. The van der Waals surface area contributed by atoms with Gasteiger partial charge in [-0.1, -0.05) is 0 Å². The molecule has 0 aromatic carbocycles. The van der Waals surface area contributed by atoms with Crippen LogP contribution in [0.3, 0.4) is 0 Å². The van der Waals surface area contributed by atoms with Crippen LogP contribution in [-0.4, -0.2) is 44.2 Å². The first-order valence-corrected chi connectivity index (χ1v) is 7.77. The van der Waals surface area contributed by atoms with Crippen LogP contribution < -0.4 is 4.72 Å². The summed E-state index contributed by atoms with van der Waals surface area (Å²) in [5, 5.41) is -0.396. The maximum Gasteiger partial charge on any atom is 0.215 e. The van der Waals surface area contributed by atoms with Gasteiger partial charge < -0.3 is 4.74 Å². The second-order valence-electron chi connectivity index (χ2n) is 4.29. The van der Waals surface area contributed by atoms with Crippen molar-refractivity contribution < 1.29 is 13.2 Å². The van der Waals surface area contributed by atoms with Crippen molar-refractivity contribution >= 4 is 33.2 Å². The Kier molecular flexibility index (Phi) is 5.32. The molecule has 0 amide bonds. The van der Waals surface area contributed by atoms with Gasteiger partial charge in [-0.15, -0.1) is 23.2 Å². The van der Waals surface area contributed by atoms with Crippen LogP contribution in [0.4, 0.5) is 0 Å². The predicted octanol–water partition coefficient (Wildman–Crippen LogP) is 1.32. The Bertz CT molecular complexity index is 311. The number of alkyl halides is 2. The Morgan fingerprint density at radius 1 is 1.31 bits per heavy atom. The molecular weight excluding hydrogens is 273 g/mol. The van der Waals surface area contributed by atoms with Gasteiger partial charge in [0.05, 0.1) is 10.8 Å². The first kappa shape index (κ1) is 14.5. The van der Waals surface area contributed by atoms with E-state index in [4.69, 9.17) is 27.9 Å². The summed E-state index contributed by atoms with van der Waals surface area (Å²) in [7, 11) is -3.36. The van der Waals surface area contributed by atoms with Crippen LogP contribution in [0.25, 0.3) is 0 Å². The molecule has 96 valence electrons. The zero-order chi connectivity index (χ0) is 12.2. The van der Waals surface area contributed by atoms with E-state index in [0.717, 1.165) is 0 Å². The Morgan fingerprint density at radius 2 is 1.81 bits per heavy atom. The molecule has 0 atom stereocenters. The van der Waals surface area contributed by atoms with Gasteiger partial charge in [-0.05, 0) is 19.8 Å². The molecule has 1 heterocycles. The molecule has 0 bridgehead atoms. The number of ether oxygens (including phenoxy) is 1. The van der Waals surface area contributed by atoms with Gasteiger partial charge in [-0.3, -0.25) is 0 Å². The lowest BCUT2D eigenvalue weighted by Gasteiger charge is -2.30. The molecule has 0 saturated carbocycles. The largest absolute Gasteiger partial charge is 0.381 e. The second kappa shape index (κ2) is 5.87. The Balaban J connectivity index is 2.70. The van der Waals surface area contributed by atoms with Crippen LogP contribution in [-0.2, 0) is 14.8 Å². The van der Waals surface area contributed by atoms with Gasteiger partial charge >= 0.3 is 0 Å². The number of sulfonamides is 1. The molecule has 16 heavy (non-hydrogen) atoms. The average molecular weight is 290 g/mol. The lowest BCUT2D eigenvalue weighted by Crippen LogP contribution is -2.52. The summed E-state index contributed by atoms with van der Waals surface area (Å²) in [5.74, 6) is 0.303. The van der Waals surface area contributed by atoms with Crippen LogP contribution in [0.5, 0.6) is 0 Å². The standard InChI is InChI=1S/C9H17Cl2NO3S/c1-9(6-10,7-11)12-16(13,14)8-2-4-15-5-3-8/h8,12H,2-7H2,1H3. The number of hydrogen-bond acceptors (Lipinski definition) is 3. The Morgan fingerprint density at radius 3 is 2.25 bits per heavy atom. The summed E-state index contributed by atoms with van der Waals surface area (Å²) >= 11 is 11.4. The molecule has 1 aliphatic rings. The van der Waals surface area contributed by atoms with Crippen molar-refractivity contribution in [2.45, 2.75) is 30.6 Å². The van der Waals surface area contributed by atoms with Crippen molar-refractivity contribution in [3.05, 3.63) is 0 Å². The summed E-state index contributed by atoms with van der Waals surface area (Å²) in [5.41, 5.74) is -0.778. The van der Waals surface area contributed by atoms with Crippen molar-refractivity contribution in [2.75, 3.05) is 25.0 Å². The minimum atomic E-state index is -3.36. The summed E-state index contributed by atoms with van der Waals surface area (Å²) in [4.78, 5) is 0. The highest BCUT2D eigenvalue weighted by molar-refractivity contribution is 7.90. The van der Waals surface area contributed by atoms with Crippen molar-refractivity contribution in [3.63, 3.8) is 0 Å². The lowest BCUT2D eigenvalue weighted by atomic mass is 10.1. The maximum atomic E-state index is 12.0. The summed E-state index contributed by atoms with van der Waals surface area (Å²) in [6.45, 7) is 2.68. The SMILES string of the molecule is CC(CCl)(CCl)NS(=O)(=O)C1CCOCC1. The van der Waals surface area contributed by atoms with E-state index in [2.05, 4.69) is 4.72 Å². The molecule has 1 rings (SSSR count). The van der Waals surface area contributed by atoms with Crippen LogP contribution in [0.1, 0.15) is 19.8 Å². The summed E-state index contributed by atoms with van der Waals surface area (Å²) < 4.78 is 31.8. The molecular formula is C9H17Cl2NO3S. The van der Waals surface area contributed by atoms with E-state index in [1.54, 1.807) is 6.92 Å². The molecule has 1 aliphatic heterocycles. The van der Waals surface area contributed by atoms with E-state index in [1.807, 2.05) is 0 Å². The van der Waals surface area contributed by atoms with Crippen molar-refractivity contribution in [2.24, 2.45) is 0 Å². The lowest BCUT2D eigenvalue weighted by molar-refractivity contribution is 0.0980. The molecule has 0 aliphatic carbocycles. The Labute approximate surface area is 107 Å².